The van der Waals surface area contributed by atoms with Gasteiger partial charge in [-0.25, -0.2) is 0 Å². The third-order valence-electron chi connectivity index (χ3n) is 1.97. The zero-order valence-electron chi connectivity index (χ0n) is 8.48. The van der Waals surface area contributed by atoms with E-state index >= 15 is 0 Å². The van der Waals surface area contributed by atoms with Crippen LogP contribution in [0.15, 0.2) is 24.3 Å². The minimum atomic E-state index is -0.766. The molecule has 3 heteroatoms. The monoisotopic (exact) mass is 205 g/mol. The molecule has 1 aromatic rings. The van der Waals surface area contributed by atoms with E-state index in [2.05, 4.69) is 11.8 Å². The van der Waals surface area contributed by atoms with E-state index < -0.39 is 6.23 Å². The summed E-state index contributed by atoms with van der Waals surface area (Å²) in [6, 6.07) is 7.68. The summed E-state index contributed by atoms with van der Waals surface area (Å²) in [6.07, 6.45) is 0.501. The fraction of sp³-hybridized carbons (Fsp3) is 0.333. The molecule has 1 unspecified atom stereocenters. The lowest BCUT2D eigenvalue weighted by molar-refractivity contribution is 0.172. The molecule has 15 heavy (non-hydrogen) atoms. The summed E-state index contributed by atoms with van der Waals surface area (Å²) < 4.78 is 0. The second-order valence-electron chi connectivity index (χ2n) is 3.27. The van der Waals surface area contributed by atoms with Gasteiger partial charge in [0.05, 0.1) is 0 Å². The number of rotatable bonds is 3. The molecular formula is C12H15NO2. The maximum Gasteiger partial charge on any atom is 0.104 e. The van der Waals surface area contributed by atoms with E-state index in [9.17, 15) is 0 Å². The van der Waals surface area contributed by atoms with Crippen LogP contribution in [0, 0.1) is 11.8 Å². The molecule has 0 spiro atoms. The van der Waals surface area contributed by atoms with Gasteiger partial charge >= 0.3 is 0 Å². The van der Waals surface area contributed by atoms with Gasteiger partial charge in [-0.05, 0) is 30.5 Å². The molecule has 0 heterocycles. The fourth-order valence-electron chi connectivity index (χ4n) is 1.26. The molecule has 0 radical (unpaired) electrons. The van der Waals surface area contributed by atoms with E-state index in [1.54, 1.807) is 0 Å². The molecule has 0 amide bonds. The Bertz CT molecular complexity index is 363. The van der Waals surface area contributed by atoms with Crippen molar-refractivity contribution in [3.8, 4) is 11.8 Å². The van der Waals surface area contributed by atoms with Crippen molar-refractivity contribution in [2.75, 3.05) is 6.61 Å². The van der Waals surface area contributed by atoms with E-state index in [-0.39, 0.29) is 6.61 Å². The number of benzene rings is 1. The van der Waals surface area contributed by atoms with Gasteiger partial charge in [-0.2, -0.15) is 0 Å². The molecule has 1 rings (SSSR count). The second-order valence-corrected chi connectivity index (χ2v) is 3.27. The minimum absolute atomic E-state index is 0.133. The average Bonchev–Trinajstić information content (AvgIpc) is 2.24. The lowest BCUT2D eigenvalue weighted by Crippen LogP contribution is -2.19. The van der Waals surface area contributed by atoms with Crippen LogP contribution in [-0.4, -0.2) is 23.0 Å². The van der Waals surface area contributed by atoms with Crippen LogP contribution in [-0.2, 0) is 6.42 Å². The van der Waals surface area contributed by atoms with Crippen molar-refractivity contribution in [2.45, 2.75) is 19.1 Å². The van der Waals surface area contributed by atoms with Gasteiger partial charge in [-0.3, -0.25) is 0 Å². The maximum absolute atomic E-state index is 8.94. The van der Waals surface area contributed by atoms with Crippen molar-refractivity contribution in [1.29, 1.82) is 0 Å². The first kappa shape index (κ1) is 11.7. The standard InChI is InChI=1S/C12H15NO2/c13-12(15)7-6-11-4-1-3-10(9-11)5-2-8-14/h1,3-4,9,12,14-15H,6-8,13H2. The van der Waals surface area contributed by atoms with Gasteiger partial charge in [0.1, 0.15) is 12.8 Å². The molecule has 0 aliphatic carbocycles. The third-order valence-corrected chi connectivity index (χ3v) is 1.97. The third kappa shape index (κ3) is 4.61. The molecule has 3 nitrogen and oxygen atoms in total. The number of hydrogen-bond acceptors (Lipinski definition) is 3. The normalized spacial score (nSPS) is 11.7. The van der Waals surface area contributed by atoms with Crippen LogP contribution < -0.4 is 5.73 Å². The molecule has 80 valence electrons. The summed E-state index contributed by atoms with van der Waals surface area (Å²) in [6.45, 7) is -0.133. The van der Waals surface area contributed by atoms with Crippen LogP contribution in [0.3, 0.4) is 0 Å². The van der Waals surface area contributed by atoms with Gasteiger partial charge in [-0.15, -0.1) is 0 Å². The van der Waals surface area contributed by atoms with Gasteiger partial charge in [0.15, 0.2) is 0 Å². The summed E-state index contributed by atoms with van der Waals surface area (Å²) in [5, 5.41) is 17.5. The van der Waals surface area contributed by atoms with Crippen LogP contribution in [0.1, 0.15) is 17.5 Å². The highest BCUT2D eigenvalue weighted by atomic mass is 16.3. The largest absolute Gasteiger partial charge is 0.384 e. The highest BCUT2D eigenvalue weighted by molar-refractivity contribution is 5.37. The molecule has 0 saturated carbocycles. The quantitative estimate of drug-likeness (QED) is 0.489. The Labute approximate surface area is 89.5 Å². The van der Waals surface area contributed by atoms with Crippen LogP contribution in [0.5, 0.6) is 0 Å². The molecule has 1 aromatic carbocycles. The minimum Gasteiger partial charge on any atom is -0.384 e. The highest BCUT2D eigenvalue weighted by Gasteiger charge is 1.98. The van der Waals surface area contributed by atoms with Gasteiger partial charge in [0.2, 0.25) is 0 Å². The number of aliphatic hydroxyl groups is 2. The number of aliphatic hydroxyl groups excluding tert-OH is 2. The van der Waals surface area contributed by atoms with Gasteiger partial charge in [0.25, 0.3) is 0 Å². The SMILES string of the molecule is NC(O)CCc1cccc(C#CCO)c1. The van der Waals surface area contributed by atoms with E-state index in [1.807, 2.05) is 24.3 Å². The summed E-state index contributed by atoms with van der Waals surface area (Å²) in [5.74, 6) is 5.42. The van der Waals surface area contributed by atoms with Crippen molar-refractivity contribution < 1.29 is 10.2 Å². The number of hydrogen-bond donors (Lipinski definition) is 3. The first-order valence-corrected chi connectivity index (χ1v) is 4.84. The van der Waals surface area contributed by atoms with E-state index in [4.69, 9.17) is 15.9 Å². The Balaban J connectivity index is 2.65. The first-order chi connectivity index (χ1) is 7.22. The van der Waals surface area contributed by atoms with Crippen LogP contribution in [0.2, 0.25) is 0 Å². The fourth-order valence-corrected chi connectivity index (χ4v) is 1.26. The molecule has 0 aliphatic heterocycles. The highest BCUT2D eigenvalue weighted by Crippen LogP contribution is 2.07. The Morgan fingerprint density at radius 3 is 2.87 bits per heavy atom. The van der Waals surface area contributed by atoms with E-state index in [0.29, 0.717) is 6.42 Å². The van der Waals surface area contributed by atoms with Crippen LogP contribution in [0.25, 0.3) is 0 Å². The molecule has 0 aliphatic rings. The van der Waals surface area contributed by atoms with Crippen LogP contribution in [0.4, 0.5) is 0 Å². The zero-order valence-corrected chi connectivity index (χ0v) is 8.48. The number of nitrogens with two attached hydrogens (primary N) is 1. The summed E-state index contributed by atoms with van der Waals surface area (Å²) in [7, 11) is 0. The molecule has 0 fully saturated rings. The Morgan fingerprint density at radius 2 is 2.20 bits per heavy atom. The molecular weight excluding hydrogens is 190 g/mol. The lowest BCUT2D eigenvalue weighted by Gasteiger charge is -2.04. The smallest absolute Gasteiger partial charge is 0.104 e. The zero-order chi connectivity index (χ0) is 11.1. The molecule has 4 N–H and O–H groups in total. The van der Waals surface area contributed by atoms with Crippen molar-refractivity contribution in [2.24, 2.45) is 5.73 Å². The average molecular weight is 205 g/mol. The predicted octanol–water partition coefficient (Wildman–Crippen LogP) is 0.240. The van der Waals surface area contributed by atoms with Gasteiger partial charge in [0, 0.05) is 5.56 Å². The van der Waals surface area contributed by atoms with Crippen molar-refractivity contribution in [3.63, 3.8) is 0 Å². The maximum atomic E-state index is 8.94. The Hall–Kier alpha value is -1.34. The second kappa shape index (κ2) is 6.20. The molecule has 1 atom stereocenters. The topological polar surface area (TPSA) is 66.5 Å². The van der Waals surface area contributed by atoms with Gasteiger partial charge in [-0.1, -0.05) is 24.0 Å². The summed E-state index contributed by atoms with van der Waals surface area (Å²) in [5.41, 5.74) is 7.21. The molecule has 0 aromatic heterocycles. The van der Waals surface area contributed by atoms with Crippen molar-refractivity contribution >= 4 is 0 Å². The Kier molecular flexibility index (Phi) is 4.85. The van der Waals surface area contributed by atoms with Crippen LogP contribution >= 0.6 is 0 Å². The molecule has 0 saturated heterocycles. The number of aryl methyl sites for hydroxylation is 1. The summed E-state index contributed by atoms with van der Waals surface area (Å²) >= 11 is 0. The molecule has 0 bridgehead atoms. The summed E-state index contributed by atoms with van der Waals surface area (Å²) in [4.78, 5) is 0. The predicted molar refractivity (Wildman–Crippen MR) is 58.9 cm³/mol. The van der Waals surface area contributed by atoms with E-state index in [1.165, 1.54) is 0 Å². The van der Waals surface area contributed by atoms with Crippen molar-refractivity contribution in [1.82, 2.24) is 0 Å². The Morgan fingerprint density at radius 1 is 1.40 bits per heavy atom. The lowest BCUT2D eigenvalue weighted by atomic mass is 10.1. The van der Waals surface area contributed by atoms with Gasteiger partial charge < -0.3 is 15.9 Å². The van der Waals surface area contributed by atoms with Crippen molar-refractivity contribution in [3.05, 3.63) is 35.4 Å². The first-order valence-electron chi connectivity index (χ1n) is 4.84. The van der Waals surface area contributed by atoms with E-state index in [0.717, 1.165) is 17.5 Å².